The molecule has 0 fully saturated rings. The molecule has 1 aromatic heterocycles. The van der Waals surface area contributed by atoms with Gasteiger partial charge in [0.05, 0.1) is 6.33 Å². The van der Waals surface area contributed by atoms with Crippen molar-refractivity contribution in [2.24, 2.45) is 0 Å². The van der Waals surface area contributed by atoms with Gasteiger partial charge in [-0.05, 0) is 47.4 Å². The van der Waals surface area contributed by atoms with Crippen LogP contribution in [-0.4, -0.2) is 14.7 Å². The second-order valence-electron chi connectivity index (χ2n) is 4.71. The number of imidazole rings is 1. The Hall–Kier alpha value is -2.55. The zero-order valence-electron chi connectivity index (χ0n) is 11.3. The van der Waals surface area contributed by atoms with Crippen molar-refractivity contribution in [3.8, 4) is 22.6 Å². The highest BCUT2D eigenvalue weighted by Crippen LogP contribution is 2.27. The third-order valence-electron chi connectivity index (χ3n) is 3.45. The molecule has 0 radical (unpaired) electrons. The van der Waals surface area contributed by atoms with Crippen molar-refractivity contribution in [3.63, 3.8) is 0 Å². The van der Waals surface area contributed by atoms with Gasteiger partial charge in [0.1, 0.15) is 5.75 Å². The van der Waals surface area contributed by atoms with Gasteiger partial charge in [-0.25, -0.2) is 4.98 Å². The SMILES string of the molecule is CCc1cc(-n2ccnc2)ccc1-c1ccc(O)cc1. The molecule has 1 N–H and O–H groups in total. The van der Waals surface area contributed by atoms with Crippen LogP contribution < -0.4 is 0 Å². The van der Waals surface area contributed by atoms with Gasteiger partial charge in [-0.15, -0.1) is 0 Å². The Morgan fingerprint density at radius 2 is 1.90 bits per heavy atom. The Balaban J connectivity index is 2.06. The van der Waals surface area contributed by atoms with Crippen molar-refractivity contribution in [2.75, 3.05) is 0 Å². The molecule has 20 heavy (non-hydrogen) atoms. The molecule has 100 valence electrons. The number of phenolic OH excluding ortho intramolecular Hbond substituents is 1. The predicted molar refractivity (Wildman–Crippen MR) is 80.0 cm³/mol. The minimum absolute atomic E-state index is 0.293. The smallest absolute Gasteiger partial charge is 0.115 e. The highest BCUT2D eigenvalue weighted by atomic mass is 16.3. The molecule has 0 saturated carbocycles. The Morgan fingerprint density at radius 1 is 1.10 bits per heavy atom. The first-order valence-corrected chi connectivity index (χ1v) is 6.68. The van der Waals surface area contributed by atoms with Crippen molar-refractivity contribution in [3.05, 3.63) is 66.7 Å². The summed E-state index contributed by atoms with van der Waals surface area (Å²) < 4.78 is 2.00. The van der Waals surface area contributed by atoms with E-state index in [0.29, 0.717) is 5.75 Å². The number of aromatic nitrogens is 2. The van der Waals surface area contributed by atoms with Crippen LogP contribution in [0.4, 0.5) is 0 Å². The van der Waals surface area contributed by atoms with Gasteiger partial charge in [0.2, 0.25) is 0 Å². The fraction of sp³-hybridized carbons (Fsp3) is 0.118. The Morgan fingerprint density at radius 3 is 2.55 bits per heavy atom. The number of benzene rings is 2. The van der Waals surface area contributed by atoms with Crippen molar-refractivity contribution in [1.82, 2.24) is 9.55 Å². The fourth-order valence-electron chi connectivity index (χ4n) is 2.37. The molecule has 1 heterocycles. The molecule has 2 aromatic carbocycles. The zero-order valence-corrected chi connectivity index (χ0v) is 11.3. The van der Waals surface area contributed by atoms with Gasteiger partial charge >= 0.3 is 0 Å². The molecule has 0 aliphatic carbocycles. The molecule has 0 spiro atoms. The maximum absolute atomic E-state index is 9.39. The summed E-state index contributed by atoms with van der Waals surface area (Å²) in [6, 6.07) is 13.7. The van der Waals surface area contributed by atoms with E-state index in [0.717, 1.165) is 17.7 Å². The summed E-state index contributed by atoms with van der Waals surface area (Å²) in [5, 5.41) is 9.39. The van der Waals surface area contributed by atoms with Gasteiger partial charge in [-0.3, -0.25) is 0 Å². The molecule has 0 aliphatic heterocycles. The first-order chi connectivity index (χ1) is 9.78. The van der Waals surface area contributed by atoms with Crippen LogP contribution in [0.3, 0.4) is 0 Å². The highest BCUT2D eigenvalue weighted by Gasteiger charge is 2.06. The lowest BCUT2D eigenvalue weighted by atomic mass is 9.97. The van der Waals surface area contributed by atoms with Crippen molar-refractivity contribution in [1.29, 1.82) is 0 Å². The maximum atomic E-state index is 9.39. The van der Waals surface area contributed by atoms with Crippen molar-refractivity contribution in [2.45, 2.75) is 13.3 Å². The molecule has 0 bridgehead atoms. The van der Waals surface area contributed by atoms with Crippen molar-refractivity contribution >= 4 is 0 Å². The number of nitrogens with zero attached hydrogens (tertiary/aromatic N) is 2. The molecule has 3 aromatic rings. The van der Waals surface area contributed by atoms with Crippen LogP contribution in [0.25, 0.3) is 16.8 Å². The van der Waals surface area contributed by atoms with Crippen LogP contribution in [0.5, 0.6) is 5.75 Å². The van der Waals surface area contributed by atoms with E-state index >= 15 is 0 Å². The molecule has 0 saturated heterocycles. The summed E-state index contributed by atoms with van der Waals surface area (Å²) in [5.41, 5.74) is 4.72. The zero-order chi connectivity index (χ0) is 13.9. The molecule has 3 nitrogen and oxygen atoms in total. The second-order valence-corrected chi connectivity index (χ2v) is 4.71. The Labute approximate surface area is 118 Å². The lowest BCUT2D eigenvalue weighted by molar-refractivity contribution is 0.475. The van der Waals surface area contributed by atoms with E-state index in [-0.39, 0.29) is 0 Å². The first-order valence-electron chi connectivity index (χ1n) is 6.68. The predicted octanol–water partition coefficient (Wildman–Crippen LogP) is 3.81. The molecule has 3 rings (SSSR count). The summed E-state index contributed by atoms with van der Waals surface area (Å²) >= 11 is 0. The Kier molecular flexibility index (Phi) is 3.25. The molecule has 0 amide bonds. The molecular formula is C17H16N2O. The summed E-state index contributed by atoms with van der Waals surface area (Å²) in [4.78, 5) is 4.08. The van der Waals surface area contributed by atoms with Crippen LogP contribution >= 0.6 is 0 Å². The van der Waals surface area contributed by atoms with E-state index in [1.807, 2.05) is 22.9 Å². The van der Waals surface area contributed by atoms with Gasteiger partial charge in [0.25, 0.3) is 0 Å². The largest absolute Gasteiger partial charge is 0.508 e. The van der Waals surface area contributed by atoms with E-state index in [1.165, 1.54) is 11.1 Å². The lowest BCUT2D eigenvalue weighted by Crippen LogP contribution is -1.94. The first kappa shape index (κ1) is 12.5. The number of aromatic hydroxyl groups is 1. The molecular weight excluding hydrogens is 248 g/mol. The number of rotatable bonds is 3. The van der Waals surface area contributed by atoms with Crippen molar-refractivity contribution < 1.29 is 5.11 Å². The summed E-state index contributed by atoms with van der Waals surface area (Å²) in [6.07, 6.45) is 6.47. The number of hydrogen-bond acceptors (Lipinski definition) is 2. The number of phenols is 1. The number of hydrogen-bond donors (Lipinski definition) is 1. The summed E-state index contributed by atoms with van der Waals surface area (Å²) in [6.45, 7) is 2.15. The van der Waals surface area contributed by atoms with E-state index in [9.17, 15) is 5.11 Å². The lowest BCUT2D eigenvalue weighted by Gasteiger charge is -2.11. The van der Waals surface area contributed by atoms with Crippen LogP contribution in [0.1, 0.15) is 12.5 Å². The summed E-state index contributed by atoms with van der Waals surface area (Å²) in [7, 11) is 0. The minimum Gasteiger partial charge on any atom is -0.508 e. The molecule has 3 heteroatoms. The minimum atomic E-state index is 0.293. The maximum Gasteiger partial charge on any atom is 0.115 e. The second kappa shape index (κ2) is 5.21. The monoisotopic (exact) mass is 264 g/mol. The van der Waals surface area contributed by atoms with Gasteiger partial charge in [0, 0.05) is 18.1 Å². The van der Waals surface area contributed by atoms with Crippen LogP contribution in [0, 0.1) is 0 Å². The highest BCUT2D eigenvalue weighted by molar-refractivity contribution is 5.69. The molecule has 0 aliphatic rings. The van der Waals surface area contributed by atoms with Gasteiger partial charge in [-0.2, -0.15) is 0 Å². The van der Waals surface area contributed by atoms with Gasteiger partial charge in [0.15, 0.2) is 0 Å². The van der Waals surface area contributed by atoms with E-state index in [2.05, 4.69) is 30.1 Å². The van der Waals surface area contributed by atoms with Gasteiger partial charge in [-0.1, -0.05) is 25.1 Å². The van der Waals surface area contributed by atoms with E-state index < -0.39 is 0 Å². The van der Waals surface area contributed by atoms with Crippen LogP contribution in [0.15, 0.2) is 61.2 Å². The molecule has 0 atom stereocenters. The third kappa shape index (κ3) is 2.30. The molecule has 0 unspecified atom stereocenters. The topological polar surface area (TPSA) is 38.0 Å². The van der Waals surface area contributed by atoms with E-state index in [1.54, 1.807) is 24.7 Å². The third-order valence-corrected chi connectivity index (χ3v) is 3.45. The van der Waals surface area contributed by atoms with Gasteiger partial charge < -0.3 is 9.67 Å². The Bertz CT molecular complexity index is 700. The quantitative estimate of drug-likeness (QED) is 0.781. The van der Waals surface area contributed by atoms with E-state index in [4.69, 9.17) is 0 Å². The normalized spacial score (nSPS) is 10.7. The van der Waals surface area contributed by atoms with Crippen LogP contribution in [0.2, 0.25) is 0 Å². The average Bonchev–Trinajstić information content (AvgIpc) is 3.02. The van der Waals surface area contributed by atoms with Crippen LogP contribution in [-0.2, 0) is 6.42 Å². The summed E-state index contributed by atoms with van der Waals surface area (Å²) in [5.74, 6) is 0.293. The number of aryl methyl sites for hydroxylation is 1. The fourth-order valence-corrected chi connectivity index (χ4v) is 2.37. The standard InChI is InChI=1S/C17H16N2O/c1-2-13-11-15(19-10-9-18-12-19)5-8-17(13)14-3-6-16(20)7-4-14/h3-12,20H,2H2,1H3. The average molecular weight is 264 g/mol.